The van der Waals surface area contributed by atoms with Crippen LogP contribution in [0, 0.1) is 0 Å². The smallest absolute Gasteiger partial charge is 0.326 e. The van der Waals surface area contributed by atoms with Gasteiger partial charge in [0.05, 0.1) is 11.2 Å². The summed E-state index contributed by atoms with van der Waals surface area (Å²) in [5.41, 5.74) is -0.264. The van der Waals surface area contributed by atoms with Crippen LogP contribution in [0.3, 0.4) is 0 Å². The number of carbonyl (C=O) groups excluding carboxylic acids is 1. The number of amides is 1. The van der Waals surface area contributed by atoms with Gasteiger partial charge in [0.25, 0.3) is 5.56 Å². The highest BCUT2D eigenvalue weighted by atomic mass is 32.2. The van der Waals surface area contributed by atoms with Crippen molar-refractivity contribution in [3.05, 3.63) is 51.4 Å². The van der Waals surface area contributed by atoms with Gasteiger partial charge >= 0.3 is 5.69 Å². The molecule has 11 nitrogen and oxygen atoms in total. The molecule has 2 aromatic heterocycles. The van der Waals surface area contributed by atoms with Gasteiger partial charge in [-0.2, -0.15) is 0 Å². The van der Waals surface area contributed by atoms with Crippen molar-refractivity contribution in [2.24, 2.45) is 19.2 Å². The van der Waals surface area contributed by atoms with Crippen LogP contribution in [0.25, 0.3) is 11.2 Å². The SMILES string of the molecule is Cn1c(=O)c2c(ncn2CCC(=O)Nc2cccc(S(N)(=O)=O)c2)n(C)c1=O. The van der Waals surface area contributed by atoms with Gasteiger partial charge in [-0.3, -0.25) is 18.7 Å². The fourth-order valence-corrected chi connectivity index (χ4v) is 3.32. The predicted molar refractivity (Wildman–Crippen MR) is 101 cm³/mol. The number of carbonyl (C=O) groups is 1. The summed E-state index contributed by atoms with van der Waals surface area (Å²) in [6.45, 7) is 0.144. The normalized spacial score (nSPS) is 11.7. The van der Waals surface area contributed by atoms with E-state index in [1.807, 2.05) is 0 Å². The molecule has 1 amide bonds. The average molecular weight is 406 g/mol. The minimum Gasteiger partial charge on any atom is -0.326 e. The van der Waals surface area contributed by atoms with Crippen LogP contribution in [0.5, 0.6) is 0 Å². The molecule has 0 spiro atoms. The Morgan fingerprint density at radius 1 is 1.21 bits per heavy atom. The second kappa shape index (κ2) is 7.05. The van der Waals surface area contributed by atoms with Gasteiger partial charge < -0.3 is 9.88 Å². The van der Waals surface area contributed by atoms with Crippen LogP contribution >= 0.6 is 0 Å². The number of sulfonamides is 1. The third-order valence-electron chi connectivity index (χ3n) is 4.24. The number of rotatable bonds is 5. The predicted octanol–water partition coefficient (Wildman–Crippen LogP) is -0.890. The summed E-state index contributed by atoms with van der Waals surface area (Å²) in [6.07, 6.45) is 1.39. The fourth-order valence-electron chi connectivity index (χ4n) is 2.76. The van der Waals surface area contributed by atoms with Crippen molar-refractivity contribution in [2.75, 3.05) is 5.32 Å². The molecule has 2 heterocycles. The first-order valence-electron chi connectivity index (χ1n) is 8.13. The van der Waals surface area contributed by atoms with Gasteiger partial charge in [0.1, 0.15) is 0 Å². The molecule has 28 heavy (non-hydrogen) atoms. The molecule has 0 aliphatic heterocycles. The number of benzene rings is 1. The van der Waals surface area contributed by atoms with Crippen LogP contribution in [-0.4, -0.2) is 33.0 Å². The third kappa shape index (κ3) is 3.59. The summed E-state index contributed by atoms with van der Waals surface area (Å²) in [7, 11) is -1.00. The topological polar surface area (TPSA) is 151 Å². The van der Waals surface area contributed by atoms with Gasteiger partial charge in [-0.15, -0.1) is 0 Å². The van der Waals surface area contributed by atoms with E-state index in [0.29, 0.717) is 0 Å². The van der Waals surface area contributed by atoms with Crippen molar-refractivity contribution >= 4 is 32.8 Å². The molecule has 0 atom stereocenters. The molecule has 0 saturated heterocycles. The Hall–Kier alpha value is -3.25. The molecule has 0 fully saturated rings. The Balaban J connectivity index is 1.79. The van der Waals surface area contributed by atoms with Crippen molar-refractivity contribution in [1.29, 1.82) is 0 Å². The van der Waals surface area contributed by atoms with Crippen molar-refractivity contribution in [3.63, 3.8) is 0 Å². The number of hydrogen-bond acceptors (Lipinski definition) is 6. The number of primary sulfonamides is 1. The van der Waals surface area contributed by atoms with Gasteiger partial charge in [-0.25, -0.2) is 23.3 Å². The largest absolute Gasteiger partial charge is 0.332 e. The van der Waals surface area contributed by atoms with E-state index in [1.165, 1.54) is 53.8 Å². The number of aromatic nitrogens is 4. The van der Waals surface area contributed by atoms with E-state index in [9.17, 15) is 22.8 Å². The van der Waals surface area contributed by atoms with Crippen LogP contribution in [0.1, 0.15) is 6.42 Å². The van der Waals surface area contributed by atoms with Crippen molar-refractivity contribution in [2.45, 2.75) is 17.9 Å². The molecule has 3 aromatic rings. The highest BCUT2D eigenvalue weighted by Crippen LogP contribution is 2.14. The van der Waals surface area contributed by atoms with Crippen LogP contribution in [0.4, 0.5) is 5.69 Å². The molecule has 148 valence electrons. The van der Waals surface area contributed by atoms with Crippen molar-refractivity contribution < 1.29 is 13.2 Å². The Labute approximate surface area is 159 Å². The zero-order valence-electron chi connectivity index (χ0n) is 15.1. The van der Waals surface area contributed by atoms with E-state index >= 15 is 0 Å². The molecule has 0 aliphatic rings. The molecule has 0 saturated carbocycles. The zero-order chi connectivity index (χ0) is 20.6. The lowest BCUT2D eigenvalue weighted by molar-refractivity contribution is -0.116. The number of fused-ring (bicyclic) bond motifs is 1. The summed E-state index contributed by atoms with van der Waals surface area (Å²) >= 11 is 0. The number of hydrogen-bond donors (Lipinski definition) is 2. The van der Waals surface area contributed by atoms with Gasteiger partial charge in [0.2, 0.25) is 15.9 Å². The van der Waals surface area contributed by atoms with E-state index in [4.69, 9.17) is 5.14 Å². The molecular formula is C16H18N6O5S. The molecule has 1 aromatic carbocycles. The lowest BCUT2D eigenvalue weighted by Crippen LogP contribution is -2.37. The van der Waals surface area contributed by atoms with Crippen LogP contribution in [0.2, 0.25) is 0 Å². The third-order valence-corrected chi connectivity index (χ3v) is 5.15. The maximum atomic E-state index is 12.4. The highest BCUT2D eigenvalue weighted by Gasteiger charge is 2.15. The Bertz CT molecular complexity index is 1300. The molecule has 3 N–H and O–H groups in total. The van der Waals surface area contributed by atoms with Crippen LogP contribution in [0.15, 0.2) is 45.1 Å². The van der Waals surface area contributed by atoms with Crippen LogP contribution < -0.4 is 21.7 Å². The number of anilines is 1. The first kappa shape index (κ1) is 19.5. The van der Waals surface area contributed by atoms with E-state index in [2.05, 4.69) is 10.3 Å². The van der Waals surface area contributed by atoms with Gasteiger partial charge in [-0.1, -0.05) is 6.07 Å². The summed E-state index contributed by atoms with van der Waals surface area (Å²) in [4.78, 5) is 40.5. The Morgan fingerprint density at radius 3 is 2.61 bits per heavy atom. The van der Waals surface area contributed by atoms with Gasteiger partial charge in [-0.05, 0) is 18.2 Å². The number of nitrogens with zero attached hydrogens (tertiary/aromatic N) is 4. The van der Waals surface area contributed by atoms with Crippen molar-refractivity contribution in [1.82, 2.24) is 18.7 Å². The molecule has 0 aliphatic carbocycles. The fraction of sp³-hybridized carbons (Fsp3) is 0.250. The summed E-state index contributed by atoms with van der Waals surface area (Å²) in [5.74, 6) is -0.393. The first-order valence-corrected chi connectivity index (χ1v) is 9.68. The van der Waals surface area contributed by atoms with Crippen LogP contribution in [-0.2, 0) is 35.5 Å². The zero-order valence-corrected chi connectivity index (χ0v) is 15.9. The summed E-state index contributed by atoms with van der Waals surface area (Å²) < 4.78 is 26.5. The molecule has 0 unspecified atom stereocenters. The van der Waals surface area contributed by atoms with Gasteiger partial charge in [0.15, 0.2) is 11.2 Å². The summed E-state index contributed by atoms with van der Waals surface area (Å²) in [5, 5.41) is 7.65. The number of nitrogens with two attached hydrogens (primary N) is 1. The first-order chi connectivity index (χ1) is 13.1. The van der Waals surface area contributed by atoms with E-state index in [0.717, 1.165) is 4.57 Å². The lowest BCUT2D eigenvalue weighted by atomic mass is 10.3. The minimum atomic E-state index is -3.88. The number of nitrogens with one attached hydrogen (secondary N) is 1. The minimum absolute atomic E-state index is 0.00292. The van der Waals surface area contributed by atoms with Crippen molar-refractivity contribution in [3.8, 4) is 0 Å². The maximum absolute atomic E-state index is 12.4. The quantitative estimate of drug-likeness (QED) is 0.561. The van der Waals surface area contributed by atoms with E-state index in [1.54, 1.807) is 0 Å². The number of imidazole rings is 1. The summed E-state index contributed by atoms with van der Waals surface area (Å²) in [6, 6.07) is 5.57. The maximum Gasteiger partial charge on any atom is 0.332 e. The molecule has 12 heteroatoms. The average Bonchev–Trinajstić information content (AvgIpc) is 3.06. The van der Waals surface area contributed by atoms with Gasteiger partial charge in [0, 0.05) is 32.7 Å². The molecular weight excluding hydrogens is 388 g/mol. The second-order valence-corrected chi connectivity index (χ2v) is 7.75. The monoisotopic (exact) mass is 406 g/mol. The number of aryl methyl sites for hydroxylation is 2. The molecule has 0 radical (unpaired) electrons. The highest BCUT2D eigenvalue weighted by molar-refractivity contribution is 7.89. The lowest BCUT2D eigenvalue weighted by Gasteiger charge is -2.08. The Kier molecular flexibility index (Phi) is 4.91. The standard InChI is InChI=1S/C16H18N6O5S/c1-20-14-13(15(24)21(2)16(20)25)22(9-18-14)7-6-12(23)19-10-4-3-5-11(8-10)28(17,26)27/h3-5,8-9H,6-7H2,1-2H3,(H,19,23)(H2,17,26,27). The van der Waals surface area contributed by atoms with E-state index < -0.39 is 27.2 Å². The Morgan fingerprint density at radius 2 is 1.93 bits per heavy atom. The molecule has 0 bridgehead atoms. The van der Waals surface area contributed by atoms with E-state index in [-0.39, 0.29) is 34.7 Å². The molecule has 3 rings (SSSR count). The second-order valence-electron chi connectivity index (χ2n) is 6.19.